The lowest BCUT2D eigenvalue weighted by Gasteiger charge is -2.04. The summed E-state index contributed by atoms with van der Waals surface area (Å²) in [5, 5.41) is 4.10. The first-order chi connectivity index (χ1) is 8.31. The van der Waals surface area contributed by atoms with Crippen molar-refractivity contribution in [2.75, 3.05) is 7.11 Å². The van der Waals surface area contributed by atoms with Crippen LogP contribution in [-0.4, -0.2) is 12.8 Å². The van der Waals surface area contributed by atoms with Gasteiger partial charge in [0.2, 0.25) is 0 Å². The Hall–Kier alpha value is -1.43. The van der Waals surface area contributed by atoms with Crippen LogP contribution in [-0.2, 0) is 11.9 Å². The predicted molar refractivity (Wildman–Crippen MR) is 66.7 cm³/mol. The molecule has 1 aromatic carbocycles. The van der Waals surface area contributed by atoms with Gasteiger partial charge < -0.3 is 28.8 Å². The monoisotopic (exact) mass is 354 g/mol. The van der Waals surface area contributed by atoms with Gasteiger partial charge in [-0.1, -0.05) is 35.5 Å². The van der Waals surface area contributed by atoms with Crippen LogP contribution < -0.4 is 28.5 Å². The van der Waals surface area contributed by atoms with Gasteiger partial charge in [0.25, 0.3) is 0 Å². The highest BCUT2D eigenvalue weighted by molar-refractivity contribution is 6.12. The molecular formula is C14H15IN2O. The van der Waals surface area contributed by atoms with Gasteiger partial charge in [-0.05, 0) is 0 Å². The molecule has 0 unspecified atom stereocenters. The van der Waals surface area contributed by atoms with Crippen LogP contribution in [0.25, 0.3) is 0 Å². The van der Waals surface area contributed by atoms with Gasteiger partial charge in [-0.2, -0.15) is 0 Å². The minimum Gasteiger partial charge on any atom is -1.00 e. The lowest BCUT2D eigenvalue weighted by molar-refractivity contribution is -0.671. The van der Waals surface area contributed by atoms with Crippen LogP contribution in [0, 0.1) is 0 Å². The molecule has 94 valence electrons. The van der Waals surface area contributed by atoms with Crippen LogP contribution in [0.4, 0.5) is 0 Å². The van der Waals surface area contributed by atoms with E-state index in [0.29, 0.717) is 0 Å². The number of benzene rings is 1. The van der Waals surface area contributed by atoms with Crippen LogP contribution in [0.1, 0.15) is 11.1 Å². The van der Waals surface area contributed by atoms with E-state index in [1.165, 1.54) is 0 Å². The van der Waals surface area contributed by atoms with E-state index in [2.05, 4.69) is 5.16 Å². The molecule has 2 aromatic rings. The van der Waals surface area contributed by atoms with Crippen LogP contribution in [0.3, 0.4) is 0 Å². The van der Waals surface area contributed by atoms with Crippen molar-refractivity contribution < 1.29 is 33.4 Å². The summed E-state index contributed by atoms with van der Waals surface area (Å²) in [5.74, 6) is 0. The summed E-state index contributed by atoms with van der Waals surface area (Å²) in [6.45, 7) is 0. The van der Waals surface area contributed by atoms with Gasteiger partial charge in [0.1, 0.15) is 19.9 Å². The maximum Gasteiger partial charge on any atom is 0.169 e. The standard InChI is InChI=1S/C14H15N2O.HI/c1-16-10-8-13(9-11-16)14(15-17-2)12-6-4-3-5-7-12;/h3-11H,1-2H3;1H/q+1;/p-1/b15-14+;. The second-order valence-corrected chi connectivity index (χ2v) is 3.74. The number of halogens is 1. The smallest absolute Gasteiger partial charge is 0.169 e. The highest BCUT2D eigenvalue weighted by atomic mass is 127. The zero-order chi connectivity index (χ0) is 12.1. The Labute approximate surface area is 124 Å². The summed E-state index contributed by atoms with van der Waals surface area (Å²) in [6, 6.07) is 14.0. The summed E-state index contributed by atoms with van der Waals surface area (Å²) in [7, 11) is 3.55. The molecule has 4 heteroatoms. The summed E-state index contributed by atoms with van der Waals surface area (Å²) in [4.78, 5) is 4.92. The van der Waals surface area contributed by atoms with Gasteiger partial charge in [0.05, 0.1) is 0 Å². The SMILES string of the molecule is CO/N=C(\c1ccccc1)c1cc[n+](C)cc1.[I-]. The highest BCUT2D eigenvalue weighted by Crippen LogP contribution is 2.09. The molecule has 0 saturated heterocycles. The van der Waals surface area contributed by atoms with Crippen LogP contribution in [0.5, 0.6) is 0 Å². The maximum absolute atomic E-state index is 4.92. The molecule has 0 amide bonds. The molecule has 0 radical (unpaired) electrons. The predicted octanol–water partition coefficient (Wildman–Crippen LogP) is -1.09. The molecule has 2 rings (SSSR count). The fourth-order valence-electron chi connectivity index (χ4n) is 1.62. The number of pyridine rings is 1. The Kier molecular flexibility index (Phi) is 5.77. The zero-order valence-corrected chi connectivity index (χ0v) is 12.5. The zero-order valence-electron chi connectivity index (χ0n) is 10.4. The van der Waals surface area contributed by atoms with E-state index in [9.17, 15) is 0 Å². The summed E-state index contributed by atoms with van der Waals surface area (Å²) >= 11 is 0. The minimum absolute atomic E-state index is 0. The third-order valence-electron chi connectivity index (χ3n) is 2.48. The second kappa shape index (κ2) is 7.10. The number of hydrogen-bond donors (Lipinski definition) is 0. The fourth-order valence-corrected chi connectivity index (χ4v) is 1.62. The average molecular weight is 354 g/mol. The van der Waals surface area contributed by atoms with Crippen molar-refractivity contribution in [1.82, 2.24) is 0 Å². The lowest BCUT2D eigenvalue weighted by Crippen LogP contribution is -3.00. The van der Waals surface area contributed by atoms with Crippen molar-refractivity contribution in [3.63, 3.8) is 0 Å². The number of aryl methyl sites for hydroxylation is 1. The van der Waals surface area contributed by atoms with Gasteiger partial charge in [-0.15, -0.1) is 0 Å². The first-order valence-electron chi connectivity index (χ1n) is 5.43. The van der Waals surface area contributed by atoms with E-state index in [1.807, 2.05) is 66.5 Å². The molecule has 0 aliphatic rings. The molecule has 0 spiro atoms. The van der Waals surface area contributed by atoms with E-state index in [0.717, 1.165) is 16.8 Å². The Morgan fingerprint density at radius 1 is 1.00 bits per heavy atom. The molecule has 18 heavy (non-hydrogen) atoms. The van der Waals surface area contributed by atoms with Crippen molar-refractivity contribution in [1.29, 1.82) is 0 Å². The lowest BCUT2D eigenvalue weighted by atomic mass is 10.0. The van der Waals surface area contributed by atoms with Gasteiger partial charge >= 0.3 is 0 Å². The number of rotatable bonds is 3. The fraction of sp³-hybridized carbons (Fsp3) is 0.143. The van der Waals surface area contributed by atoms with Gasteiger partial charge in [0, 0.05) is 23.3 Å². The Balaban J connectivity index is 0.00000162. The van der Waals surface area contributed by atoms with Gasteiger partial charge in [0.15, 0.2) is 12.4 Å². The first kappa shape index (κ1) is 14.6. The molecule has 0 atom stereocenters. The number of nitrogens with zero attached hydrogens (tertiary/aromatic N) is 2. The molecule has 0 fully saturated rings. The van der Waals surface area contributed by atoms with Crippen molar-refractivity contribution in [2.45, 2.75) is 0 Å². The summed E-state index contributed by atoms with van der Waals surface area (Å²) in [6.07, 6.45) is 3.98. The normalized spacial score (nSPS) is 10.7. The Bertz CT molecular complexity index is 509. The first-order valence-corrected chi connectivity index (χ1v) is 5.43. The quantitative estimate of drug-likeness (QED) is 0.298. The number of aromatic nitrogens is 1. The molecule has 1 aromatic heterocycles. The van der Waals surface area contributed by atoms with E-state index >= 15 is 0 Å². The highest BCUT2D eigenvalue weighted by Gasteiger charge is 2.08. The van der Waals surface area contributed by atoms with Crippen molar-refractivity contribution >= 4 is 5.71 Å². The second-order valence-electron chi connectivity index (χ2n) is 3.74. The van der Waals surface area contributed by atoms with Gasteiger partial charge in [-0.3, -0.25) is 0 Å². The van der Waals surface area contributed by atoms with Crippen LogP contribution in [0.15, 0.2) is 60.0 Å². The van der Waals surface area contributed by atoms with Crippen LogP contribution >= 0.6 is 0 Å². The summed E-state index contributed by atoms with van der Waals surface area (Å²) in [5.41, 5.74) is 2.92. The number of oxime groups is 1. The Morgan fingerprint density at radius 2 is 1.56 bits per heavy atom. The molecule has 0 aliphatic heterocycles. The third-order valence-corrected chi connectivity index (χ3v) is 2.48. The molecule has 0 aliphatic carbocycles. The summed E-state index contributed by atoms with van der Waals surface area (Å²) < 4.78 is 1.99. The van der Waals surface area contributed by atoms with Crippen LogP contribution in [0.2, 0.25) is 0 Å². The third kappa shape index (κ3) is 3.53. The van der Waals surface area contributed by atoms with E-state index in [-0.39, 0.29) is 24.0 Å². The maximum atomic E-state index is 4.92. The molecule has 1 heterocycles. The van der Waals surface area contributed by atoms with Crippen molar-refractivity contribution in [3.05, 3.63) is 66.0 Å². The molecule has 0 saturated carbocycles. The largest absolute Gasteiger partial charge is 1.00 e. The molecular weight excluding hydrogens is 339 g/mol. The minimum atomic E-state index is 0. The average Bonchev–Trinajstić information content (AvgIpc) is 2.38. The number of hydrogen-bond acceptors (Lipinski definition) is 2. The van der Waals surface area contributed by atoms with E-state index in [1.54, 1.807) is 7.11 Å². The van der Waals surface area contributed by atoms with Crippen molar-refractivity contribution in [3.8, 4) is 0 Å². The molecule has 0 bridgehead atoms. The molecule has 3 nitrogen and oxygen atoms in total. The van der Waals surface area contributed by atoms with E-state index in [4.69, 9.17) is 4.84 Å². The topological polar surface area (TPSA) is 25.5 Å². The van der Waals surface area contributed by atoms with Gasteiger partial charge in [-0.25, -0.2) is 4.57 Å². The van der Waals surface area contributed by atoms with E-state index < -0.39 is 0 Å². The Morgan fingerprint density at radius 3 is 2.11 bits per heavy atom. The van der Waals surface area contributed by atoms with Crippen molar-refractivity contribution in [2.24, 2.45) is 12.2 Å². The molecule has 0 N–H and O–H groups in total.